The summed E-state index contributed by atoms with van der Waals surface area (Å²) in [5.41, 5.74) is 1.63. The predicted octanol–water partition coefficient (Wildman–Crippen LogP) is 2.31. The van der Waals surface area contributed by atoms with Crippen LogP contribution >= 0.6 is 11.8 Å². The Morgan fingerprint density at radius 2 is 2.14 bits per heavy atom. The summed E-state index contributed by atoms with van der Waals surface area (Å²) in [6.07, 6.45) is 0. The van der Waals surface area contributed by atoms with Crippen molar-refractivity contribution in [1.82, 2.24) is 0 Å². The second kappa shape index (κ2) is 3.50. The van der Waals surface area contributed by atoms with Crippen molar-refractivity contribution in [1.29, 1.82) is 0 Å². The molecule has 0 fully saturated rings. The van der Waals surface area contributed by atoms with E-state index in [0.717, 1.165) is 10.6 Å². The zero-order chi connectivity index (χ0) is 10.1. The molecule has 14 heavy (non-hydrogen) atoms. The predicted molar refractivity (Wildman–Crippen MR) is 59.7 cm³/mol. The molecule has 1 aromatic rings. The van der Waals surface area contributed by atoms with Gasteiger partial charge in [0.1, 0.15) is 0 Å². The number of carbonyl (C=O) groups excluding carboxylic acids is 1. The molecule has 0 aromatic heterocycles. The van der Waals surface area contributed by atoms with Crippen LogP contribution in [0.4, 0.5) is 5.69 Å². The largest absolute Gasteiger partial charge is 0.311 e. The van der Waals surface area contributed by atoms with E-state index in [1.54, 1.807) is 23.7 Å². The van der Waals surface area contributed by atoms with Crippen LogP contribution in [0.1, 0.15) is 0 Å². The van der Waals surface area contributed by atoms with Gasteiger partial charge in [-0.25, -0.2) is 0 Å². The molecule has 0 bridgehead atoms. The van der Waals surface area contributed by atoms with Crippen molar-refractivity contribution in [2.75, 3.05) is 17.7 Å². The van der Waals surface area contributed by atoms with Crippen molar-refractivity contribution in [3.63, 3.8) is 0 Å². The van der Waals surface area contributed by atoms with Gasteiger partial charge in [-0.3, -0.25) is 4.79 Å². The first-order valence-electron chi connectivity index (χ1n) is 4.38. The smallest absolute Gasteiger partial charge is 0.254 e. The average molecular weight is 205 g/mol. The first-order chi connectivity index (χ1) is 6.70. The third-order valence-electron chi connectivity index (χ3n) is 2.24. The lowest BCUT2D eigenvalue weighted by molar-refractivity contribution is -0.114. The van der Waals surface area contributed by atoms with Gasteiger partial charge in [0.2, 0.25) is 0 Å². The molecule has 0 aliphatic carbocycles. The maximum atomic E-state index is 11.7. The van der Waals surface area contributed by atoms with Crippen molar-refractivity contribution >= 4 is 23.4 Å². The Hall–Kier alpha value is -1.22. The van der Waals surface area contributed by atoms with Crippen molar-refractivity contribution < 1.29 is 4.79 Å². The van der Waals surface area contributed by atoms with Gasteiger partial charge < -0.3 is 4.90 Å². The lowest BCUT2D eigenvalue weighted by atomic mass is 10.2. The van der Waals surface area contributed by atoms with Crippen LogP contribution in [0.5, 0.6) is 0 Å². The van der Waals surface area contributed by atoms with Crippen LogP contribution in [-0.2, 0) is 4.79 Å². The van der Waals surface area contributed by atoms with Crippen LogP contribution < -0.4 is 4.90 Å². The summed E-state index contributed by atoms with van der Waals surface area (Å²) in [6.45, 7) is 3.78. The maximum absolute atomic E-state index is 11.7. The van der Waals surface area contributed by atoms with Crippen LogP contribution in [0.15, 0.2) is 41.3 Å². The van der Waals surface area contributed by atoms with Crippen molar-refractivity contribution in [2.24, 2.45) is 0 Å². The van der Waals surface area contributed by atoms with Gasteiger partial charge in [0.25, 0.3) is 5.91 Å². The number of anilines is 1. The molecule has 1 amide bonds. The summed E-state index contributed by atoms with van der Waals surface area (Å²) < 4.78 is 0. The number of rotatable bonds is 0. The summed E-state index contributed by atoms with van der Waals surface area (Å²) >= 11 is 1.66. The molecule has 0 atom stereocenters. The Labute approximate surface area is 87.6 Å². The molecule has 0 radical (unpaired) electrons. The van der Waals surface area contributed by atoms with Crippen molar-refractivity contribution in [3.8, 4) is 0 Å². The number of carbonyl (C=O) groups is 1. The third-order valence-corrected chi connectivity index (χ3v) is 3.38. The number of fused-ring (bicyclic) bond motifs is 1. The van der Waals surface area contributed by atoms with E-state index >= 15 is 0 Å². The van der Waals surface area contributed by atoms with Crippen LogP contribution in [0.25, 0.3) is 0 Å². The van der Waals surface area contributed by atoms with Crippen molar-refractivity contribution in [3.05, 3.63) is 36.4 Å². The van der Waals surface area contributed by atoms with E-state index in [4.69, 9.17) is 0 Å². The van der Waals surface area contributed by atoms with E-state index in [1.807, 2.05) is 24.3 Å². The quantitative estimate of drug-likeness (QED) is 0.606. The van der Waals surface area contributed by atoms with Gasteiger partial charge >= 0.3 is 0 Å². The zero-order valence-corrected chi connectivity index (χ0v) is 8.80. The monoisotopic (exact) mass is 205 g/mol. The molecule has 2 rings (SSSR count). The Morgan fingerprint density at radius 3 is 2.93 bits per heavy atom. The minimum Gasteiger partial charge on any atom is -0.311 e. The van der Waals surface area contributed by atoms with Gasteiger partial charge in [0, 0.05) is 23.3 Å². The highest BCUT2D eigenvalue weighted by atomic mass is 32.2. The SMILES string of the molecule is C=C1CSc2ccccc2N(C)C1=O. The molecule has 1 heterocycles. The van der Waals surface area contributed by atoms with E-state index in [0.29, 0.717) is 11.3 Å². The van der Waals surface area contributed by atoms with Crippen LogP contribution in [-0.4, -0.2) is 18.7 Å². The molecule has 2 nitrogen and oxygen atoms in total. The standard InChI is InChI=1S/C11H11NOS/c1-8-7-14-10-6-4-3-5-9(10)12(2)11(8)13/h3-6H,1,7H2,2H3. The van der Waals surface area contributed by atoms with Crippen molar-refractivity contribution in [2.45, 2.75) is 4.90 Å². The number of nitrogens with zero attached hydrogens (tertiary/aromatic N) is 1. The highest BCUT2D eigenvalue weighted by Gasteiger charge is 2.21. The number of likely N-dealkylation sites (N-methyl/N-ethyl adjacent to an activating group) is 1. The number of hydrogen-bond acceptors (Lipinski definition) is 2. The summed E-state index contributed by atoms with van der Waals surface area (Å²) in [5.74, 6) is 0.697. The lowest BCUT2D eigenvalue weighted by Crippen LogP contribution is -2.26. The Balaban J connectivity index is 2.50. The van der Waals surface area contributed by atoms with Gasteiger partial charge in [-0.2, -0.15) is 0 Å². The molecule has 72 valence electrons. The number of hydrogen-bond donors (Lipinski definition) is 0. The fraction of sp³-hybridized carbons (Fsp3) is 0.182. The van der Waals surface area contributed by atoms with E-state index in [2.05, 4.69) is 6.58 Å². The van der Waals surface area contributed by atoms with Gasteiger partial charge in [-0.05, 0) is 12.1 Å². The highest BCUT2D eigenvalue weighted by Crippen LogP contribution is 2.34. The van der Waals surface area contributed by atoms with Gasteiger partial charge in [0.15, 0.2) is 0 Å². The zero-order valence-electron chi connectivity index (χ0n) is 7.99. The van der Waals surface area contributed by atoms with Crippen LogP contribution in [0.2, 0.25) is 0 Å². The van der Waals surface area contributed by atoms with Crippen LogP contribution in [0, 0.1) is 0 Å². The highest BCUT2D eigenvalue weighted by molar-refractivity contribution is 7.99. The van der Waals surface area contributed by atoms with Gasteiger partial charge in [0.05, 0.1) is 5.69 Å². The topological polar surface area (TPSA) is 20.3 Å². The molecule has 0 spiro atoms. The fourth-order valence-corrected chi connectivity index (χ4v) is 2.41. The molecule has 0 saturated carbocycles. The summed E-state index contributed by atoms with van der Waals surface area (Å²) in [6, 6.07) is 7.91. The van der Waals surface area contributed by atoms with E-state index < -0.39 is 0 Å². The van der Waals surface area contributed by atoms with Gasteiger partial charge in [-0.1, -0.05) is 18.7 Å². The Kier molecular flexibility index (Phi) is 2.33. The molecule has 1 aliphatic rings. The number of para-hydroxylation sites is 1. The minimum absolute atomic E-state index is 0.0162. The second-order valence-electron chi connectivity index (χ2n) is 3.22. The van der Waals surface area contributed by atoms with E-state index in [-0.39, 0.29) is 5.91 Å². The van der Waals surface area contributed by atoms with E-state index in [1.165, 1.54) is 0 Å². The second-order valence-corrected chi connectivity index (χ2v) is 4.24. The molecular weight excluding hydrogens is 194 g/mol. The summed E-state index contributed by atoms with van der Waals surface area (Å²) in [5, 5.41) is 0. The maximum Gasteiger partial charge on any atom is 0.254 e. The Bertz CT molecular complexity index is 400. The third kappa shape index (κ3) is 1.44. The normalized spacial score (nSPS) is 16.5. The molecule has 0 N–H and O–H groups in total. The molecule has 0 unspecified atom stereocenters. The molecule has 1 aliphatic heterocycles. The van der Waals surface area contributed by atoms with E-state index in [9.17, 15) is 4.79 Å². The van der Waals surface area contributed by atoms with Crippen LogP contribution in [0.3, 0.4) is 0 Å². The number of benzene rings is 1. The summed E-state index contributed by atoms with van der Waals surface area (Å²) in [4.78, 5) is 14.5. The first-order valence-corrected chi connectivity index (χ1v) is 5.36. The molecule has 3 heteroatoms. The number of thioether (sulfide) groups is 1. The molecule has 0 saturated heterocycles. The summed E-state index contributed by atoms with van der Waals surface area (Å²) in [7, 11) is 1.79. The number of amides is 1. The molecule has 1 aromatic carbocycles. The minimum atomic E-state index is 0.0162. The lowest BCUT2D eigenvalue weighted by Gasteiger charge is -2.16. The Morgan fingerprint density at radius 1 is 1.43 bits per heavy atom. The molecular formula is C11H11NOS. The van der Waals surface area contributed by atoms with Gasteiger partial charge in [-0.15, -0.1) is 11.8 Å². The first kappa shape index (κ1) is 9.34. The average Bonchev–Trinajstić information content (AvgIpc) is 2.32. The fourth-order valence-electron chi connectivity index (χ4n) is 1.43.